The minimum atomic E-state index is -1.03. The van der Waals surface area contributed by atoms with E-state index in [0.29, 0.717) is 10.7 Å². The van der Waals surface area contributed by atoms with E-state index < -0.39 is 41.4 Å². The largest absolute Gasteiger partial charge is 0.461 e. The lowest BCUT2D eigenvalue weighted by Gasteiger charge is -2.34. The molecule has 1 aliphatic heterocycles. The summed E-state index contributed by atoms with van der Waals surface area (Å²) in [4.78, 5) is 43.5. The number of nitrogens with one attached hydrogen (secondary N) is 1. The van der Waals surface area contributed by atoms with Crippen LogP contribution in [0.4, 0.5) is 4.79 Å². The molecule has 0 bridgehead atoms. The molecule has 1 aromatic heterocycles. The van der Waals surface area contributed by atoms with Crippen LogP contribution in [-0.2, 0) is 19.0 Å². The molecule has 2 rings (SSSR count). The van der Waals surface area contributed by atoms with Crippen molar-refractivity contribution in [3.63, 3.8) is 0 Å². The Bertz CT molecular complexity index is 871. The second-order valence-electron chi connectivity index (χ2n) is 8.51. The summed E-state index contributed by atoms with van der Waals surface area (Å²) in [6, 6.07) is -0.913. The van der Waals surface area contributed by atoms with E-state index in [9.17, 15) is 14.4 Å². The fourth-order valence-corrected chi connectivity index (χ4v) is 4.07. The maximum absolute atomic E-state index is 13.2. The van der Waals surface area contributed by atoms with Crippen molar-refractivity contribution in [2.45, 2.75) is 78.9 Å². The number of rotatable bonds is 5. The van der Waals surface area contributed by atoms with Gasteiger partial charge in [0.15, 0.2) is 5.69 Å². The van der Waals surface area contributed by atoms with Crippen LogP contribution in [0.3, 0.4) is 0 Å². The molecule has 31 heavy (non-hydrogen) atoms. The molecule has 0 aliphatic carbocycles. The lowest BCUT2D eigenvalue weighted by molar-refractivity contribution is -0.125. The summed E-state index contributed by atoms with van der Waals surface area (Å²) in [6.45, 7) is 14.1. The number of hydrogen-bond donors (Lipinski definition) is 1. The van der Waals surface area contributed by atoms with Gasteiger partial charge in [0.25, 0.3) is 0 Å². The van der Waals surface area contributed by atoms with E-state index in [0.717, 1.165) is 0 Å². The maximum Gasteiger partial charge on any atom is 0.413 e. The molecule has 10 heteroatoms. The molecule has 2 amide bonds. The molecule has 172 valence electrons. The van der Waals surface area contributed by atoms with Crippen molar-refractivity contribution in [1.29, 1.82) is 0 Å². The molecule has 0 aromatic carbocycles. The Morgan fingerprint density at radius 1 is 1.35 bits per heavy atom. The number of aromatic nitrogens is 1. The second kappa shape index (κ2) is 9.35. The zero-order valence-electron chi connectivity index (χ0n) is 19.3. The minimum absolute atomic E-state index is 0.171. The molecule has 0 radical (unpaired) electrons. The summed E-state index contributed by atoms with van der Waals surface area (Å²) in [5.41, 5.74) is -1.16. The van der Waals surface area contributed by atoms with Gasteiger partial charge in [-0.3, -0.25) is 9.69 Å². The standard InChI is InChI=1S/C21H31N3O6S/c1-9-13(17-23-14(11-31-17)18(26)28-10-2)22-16(25)15-12(3)29-21(7,8)24(15)19(27)30-20(4,5)6/h9,11-12,15H,10H2,1-8H3,(H,22,25)/b13-9-/t12-,15+/m1/s1. The zero-order chi connectivity index (χ0) is 23.6. The molecule has 1 aliphatic rings. The van der Waals surface area contributed by atoms with Gasteiger partial charge in [-0.2, -0.15) is 0 Å². The SMILES string of the molecule is C/C=C(\NC(=O)[C@@H]1[C@@H](C)OC(C)(C)N1C(=O)OC(C)(C)C)c1nc(C(=O)OCC)cs1. The highest BCUT2D eigenvalue weighted by molar-refractivity contribution is 7.11. The number of thiazole rings is 1. The van der Waals surface area contributed by atoms with Crippen LogP contribution < -0.4 is 5.32 Å². The molecule has 1 fully saturated rings. The third-order valence-electron chi connectivity index (χ3n) is 4.40. The predicted octanol–water partition coefficient (Wildman–Crippen LogP) is 3.56. The Balaban J connectivity index is 2.24. The van der Waals surface area contributed by atoms with Crippen molar-refractivity contribution in [2.75, 3.05) is 6.61 Å². The molecule has 2 heterocycles. The first-order valence-electron chi connectivity index (χ1n) is 10.1. The molecule has 1 saturated heterocycles. The van der Waals surface area contributed by atoms with Gasteiger partial charge < -0.3 is 19.5 Å². The van der Waals surface area contributed by atoms with Gasteiger partial charge in [-0.15, -0.1) is 11.3 Å². The van der Waals surface area contributed by atoms with Crippen LogP contribution in [0.5, 0.6) is 0 Å². The highest BCUT2D eigenvalue weighted by Crippen LogP contribution is 2.34. The lowest BCUT2D eigenvalue weighted by atomic mass is 10.1. The van der Waals surface area contributed by atoms with E-state index >= 15 is 0 Å². The fraction of sp³-hybridized carbons (Fsp3) is 0.619. The van der Waals surface area contributed by atoms with Gasteiger partial charge in [-0.25, -0.2) is 14.6 Å². The quantitative estimate of drug-likeness (QED) is 0.679. The number of allylic oxidation sites excluding steroid dienone is 1. The van der Waals surface area contributed by atoms with Crippen LogP contribution in [-0.4, -0.2) is 57.9 Å². The van der Waals surface area contributed by atoms with Gasteiger partial charge in [-0.1, -0.05) is 6.08 Å². The van der Waals surface area contributed by atoms with Crippen LogP contribution in [0.25, 0.3) is 5.70 Å². The van der Waals surface area contributed by atoms with Gasteiger partial charge in [0.05, 0.1) is 18.4 Å². The van der Waals surface area contributed by atoms with Crippen molar-refractivity contribution in [1.82, 2.24) is 15.2 Å². The molecule has 2 atom stereocenters. The molecular formula is C21H31N3O6S. The summed E-state index contributed by atoms with van der Waals surface area (Å²) in [5.74, 6) is -0.965. The van der Waals surface area contributed by atoms with E-state index in [-0.39, 0.29) is 12.3 Å². The Morgan fingerprint density at radius 2 is 2.00 bits per heavy atom. The van der Waals surface area contributed by atoms with Crippen molar-refractivity contribution in [2.24, 2.45) is 0 Å². The Hall–Kier alpha value is -2.46. The van der Waals surface area contributed by atoms with Crippen molar-refractivity contribution in [3.8, 4) is 0 Å². The molecular weight excluding hydrogens is 422 g/mol. The summed E-state index contributed by atoms with van der Waals surface area (Å²) >= 11 is 1.21. The molecule has 1 N–H and O–H groups in total. The lowest BCUT2D eigenvalue weighted by Crippen LogP contribution is -2.55. The van der Waals surface area contributed by atoms with Gasteiger partial charge in [0, 0.05) is 5.38 Å². The first kappa shape index (κ1) is 24.8. The van der Waals surface area contributed by atoms with Crippen LogP contribution in [0.15, 0.2) is 11.5 Å². The first-order valence-corrected chi connectivity index (χ1v) is 11.0. The number of amides is 2. The average molecular weight is 454 g/mol. The van der Waals surface area contributed by atoms with Crippen LogP contribution >= 0.6 is 11.3 Å². The summed E-state index contributed by atoms with van der Waals surface area (Å²) in [5, 5.41) is 4.84. The van der Waals surface area contributed by atoms with Crippen molar-refractivity contribution >= 4 is 35.0 Å². The summed E-state index contributed by atoms with van der Waals surface area (Å²) < 4.78 is 16.3. The smallest absolute Gasteiger partial charge is 0.413 e. The number of esters is 1. The van der Waals surface area contributed by atoms with E-state index in [2.05, 4.69) is 10.3 Å². The van der Waals surface area contributed by atoms with Gasteiger partial charge in [-0.05, 0) is 55.4 Å². The van der Waals surface area contributed by atoms with Crippen LogP contribution in [0.1, 0.15) is 70.9 Å². The molecule has 0 saturated carbocycles. The zero-order valence-corrected chi connectivity index (χ0v) is 20.1. The number of ether oxygens (including phenoxy) is 3. The predicted molar refractivity (Wildman–Crippen MR) is 116 cm³/mol. The fourth-order valence-electron chi connectivity index (χ4n) is 3.25. The Morgan fingerprint density at radius 3 is 2.55 bits per heavy atom. The highest BCUT2D eigenvalue weighted by Gasteiger charge is 2.52. The van der Waals surface area contributed by atoms with Crippen molar-refractivity contribution in [3.05, 3.63) is 22.2 Å². The van der Waals surface area contributed by atoms with Gasteiger partial charge in [0.2, 0.25) is 5.91 Å². The van der Waals surface area contributed by atoms with Crippen LogP contribution in [0, 0.1) is 0 Å². The second-order valence-corrected chi connectivity index (χ2v) is 9.37. The monoisotopic (exact) mass is 453 g/mol. The minimum Gasteiger partial charge on any atom is -0.461 e. The number of carbonyl (C=O) groups is 3. The molecule has 0 unspecified atom stereocenters. The number of carbonyl (C=O) groups excluding carboxylic acids is 3. The molecule has 0 spiro atoms. The first-order chi connectivity index (χ1) is 14.3. The number of hydrogen-bond acceptors (Lipinski definition) is 8. The molecule has 1 aromatic rings. The third-order valence-corrected chi connectivity index (χ3v) is 5.28. The van der Waals surface area contributed by atoms with Gasteiger partial charge >= 0.3 is 12.1 Å². The average Bonchev–Trinajstić information content (AvgIpc) is 3.20. The Labute approximate surface area is 186 Å². The van der Waals surface area contributed by atoms with E-state index in [4.69, 9.17) is 14.2 Å². The third kappa shape index (κ3) is 5.82. The summed E-state index contributed by atoms with van der Waals surface area (Å²) in [7, 11) is 0. The van der Waals surface area contributed by atoms with E-state index in [1.54, 1.807) is 66.8 Å². The topological polar surface area (TPSA) is 107 Å². The Kier molecular flexibility index (Phi) is 7.48. The van der Waals surface area contributed by atoms with Gasteiger partial charge in [0.1, 0.15) is 22.4 Å². The molecule has 9 nitrogen and oxygen atoms in total. The van der Waals surface area contributed by atoms with E-state index in [1.807, 2.05) is 0 Å². The van der Waals surface area contributed by atoms with Crippen LogP contribution in [0.2, 0.25) is 0 Å². The number of nitrogens with zero attached hydrogens (tertiary/aromatic N) is 2. The summed E-state index contributed by atoms with van der Waals surface area (Å²) in [6.07, 6.45) is 0.477. The highest BCUT2D eigenvalue weighted by atomic mass is 32.1. The normalized spacial score (nSPS) is 21.0. The maximum atomic E-state index is 13.2. The van der Waals surface area contributed by atoms with E-state index in [1.165, 1.54) is 16.2 Å². The van der Waals surface area contributed by atoms with Crippen molar-refractivity contribution < 1.29 is 28.6 Å².